The molecule has 1 aromatic heterocycles. The SMILES string of the molecule is Cc1nc(N)nc(N2C[C@@H]3CCOC[C@]3(C(=O)O)C2)c1Cl. The third-order valence-corrected chi connectivity index (χ3v) is 4.85. The normalized spacial score (nSPS) is 28.5. The lowest BCUT2D eigenvalue weighted by Gasteiger charge is -2.33. The molecule has 0 aromatic carbocycles. The van der Waals surface area contributed by atoms with E-state index in [0.717, 1.165) is 6.42 Å². The number of aromatic nitrogens is 2. The fraction of sp³-hybridized carbons (Fsp3) is 0.615. The molecule has 7 nitrogen and oxygen atoms in total. The highest BCUT2D eigenvalue weighted by molar-refractivity contribution is 6.33. The Balaban J connectivity index is 1.98. The van der Waals surface area contributed by atoms with E-state index in [9.17, 15) is 9.90 Å². The minimum Gasteiger partial charge on any atom is -0.481 e. The zero-order chi connectivity index (χ0) is 15.2. The zero-order valence-corrected chi connectivity index (χ0v) is 12.4. The number of halogens is 1. The van der Waals surface area contributed by atoms with E-state index in [-0.39, 0.29) is 18.5 Å². The van der Waals surface area contributed by atoms with Gasteiger partial charge in [-0.05, 0) is 19.3 Å². The summed E-state index contributed by atoms with van der Waals surface area (Å²) in [6.07, 6.45) is 0.722. The van der Waals surface area contributed by atoms with Crippen LogP contribution in [0.15, 0.2) is 0 Å². The Morgan fingerprint density at radius 1 is 1.57 bits per heavy atom. The molecule has 0 amide bonds. The van der Waals surface area contributed by atoms with Crippen molar-refractivity contribution >= 4 is 29.3 Å². The van der Waals surface area contributed by atoms with Crippen molar-refractivity contribution in [3.63, 3.8) is 0 Å². The molecule has 3 N–H and O–H groups in total. The largest absolute Gasteiger partial charge is 0.481 e. The molecule has 3 rings (SSSR count). The van der Waals surface area contributed by atoms with Gasteiger partial charge in [0.2, 0.25) is 5.95 Å². The molecule has 2 saturated heterocycles. The van der Waals surface area contributed by atoms with E-state index in [2.05, 4.69) is 9.97 Å². The van der Waals surface area contributed by atoms with E-state index in [0.29, 0.717) is 36.2 Å². The van der Waals surface area contributed by atoms with Crippen LogP contribution in [0.4, 0.5) is 11.8 Å². The van der Waals surface area contributed by atoms with Crippen molar-refractivity contribution in [1.82, 2.24) is 9.97 Å². The maximum Gasteiger partial charge on any atom is 0.314 e. The van der Waals surface area contributed by atoms with Gasteiger partial charge in [-0.1, -0.05) is 11.6 Å². The molecule has 0 radical (unpaired) electrons. The second-order valence-corrected chi connectivity index (χ2v) is 6.06. The number of fused-ring (bicyclic) bond motifs is 1. The number of nitrogens with zero attached hydrogens (tertiary/aromatic N) is 3. The van der Waals surface area contributed by atoms with Gasteiger partial charge >= 0.3 is 5.97 Å². The molecule has 114 valence electrons. The molecule has 0 saturated carbocycles. The molecule has 2 fully saturated rings. The standard InChI is InChI=1S/C13H17ClN4O3/c1-7-9(14)10(17-12(15)16-7)18-4-8-2-3-21-6-13(8,5-18)11(19)20/h8H,2-6H2,1H3,(H,19,20)(H2,15,16,17)/t8-,13+/m0/s1. The van der Waals surface area contributed by atoms with Crippen molar-refractivity contribution in [2.24, 2.45) is 11.3 Å². The average molecular weight is 313 g/mol. The van der Waals surface area contributed by atoms with Gasteiger partial charge in [0.25, 0.3) is 0 Å². The van der Waals surface area contributed by atoms with Crippen LogP contribution in [0.1, 0.15) is 12.1 Å². The highest BCUT2D eigenvalue weighted by Crippen LogP contribution is 2.44. The Bertz CT molecular complexity index is 597. The van der Waals surface area contributed by atoms with Gasteiger partial charge in [0.15, 0.2) is 5.82 Å². The quantitative estimate of drug-likeness (QED) is 0.838. The molecule has 0 aliphatic carbocycles. The third kappa shape index (κ3) is 2.20. The van der Waals surface area contributed by atoms with Crippen LogP contribution in [0.25, 0.3) is 0 Å². The number of aliphatic carboxylic acids is 1. The fourth-order valence-electron chi connectivity index (χ4n) is 3.23. The first-order valence-electron chi connectivity index (χ1n) is 6.80. The lowest BCUT2D eigenvalue weighted by Crippen LogP contribution is -2.46. The smallest absolute Gasteiger partial charge is 0.314 e. The number of hydrogen-bond acceptors (Lipinski definition) is 6. The summed E-state index contributed by atoms with van der Waals surface area (Å²) in [5.74, 6) is -0.153. The lowest BCUT2D eigenvalue weighted by molar-refractivity contribution is -0.159. The van der Waals surface area contributed by atoms with E-state index >= 15 is 0 Å². The zero-order valence-electron chi connectivity index (χ0n) is 11.7. The summed E-state index contributed by atoms with van der Waals surface area (Å²) in [6.45, 7) is 3.48. The van der Waals surface area contributed by atoms with Crippen LogP contribution < -0.4 is 10.6 Å². The van der Waals surface area contributed by atoms with Crippen molar-refractivity contribution in [2.45, 2.75) is 13.3 Å². The summed E-state index contributed by atoms with van der Waals surface area (Å²) in [6, 6.07) is 0. The van der Waals surface area contributed by atoms with Crippen LogP contribution in [0.5, 0.6) is 0 Å². The molecule has 2 aliphatic heterocycles. The number of carboxylic acids is 1. The minimum absolute atomic E-state index is 0.0244. The predicted octanol–water partition coefficient (Wildman–Crippen LogP) is 0.948. The number of nitrogens with two attached hydrogens (primary N) is 1. The van der Waals surface area contributed by atoms with Crippen LogP contribution in [0.3, 0.4) is 0 Å². The van der Waals surface area contributed by atoms with Crippen molar-refractivity contribution in [1.29, 1.82) is 0 Å². The summed E-state index contributed by atoms with van der Waals surface area (Å²) in [5.41, 5.74) is 5.39. The number of nitrogen functional groups attached to an aromatic ring is 1. The van der Waals surface area contributed by atoms with Crippen LogP contribution in [-0.2, 0) is 9.53 Å². The van der Waals surface area contributed by atoms with Gasteiger partial charge in [0, 0.05) is 19.7 Å². The van der Waals surface area contributed by atoms with Crippen molar-refractivity contribution in [2.75, 3.05) is 36.9 Å². The lowest BCUT2D eigenvalue weighted by atomic mass is 9.76. The Morgan fingerprint density at radius 2 is 2.33 bits per heavy atom. The molecule has 1 aromatic rings. The highest BCUT2D eigenvalue weighted by atomic mass is 35.5. The Kier molecular flexibility index (Phi) is 3.41. The summed E-state index contributed by atoms with van der Waals surface area (Å²) in [4.78, 5) is 21.9. The first-order chi connectivity index (χ1) is 9.94. The molecule has 2 atom stereocenters. The van der Waals surface area contributed by atoms with E-state index in [1.807, 2.05) is 4.90 Å². The molecule has 21 heavy (non-hydrogen) atoms. The summed E-state index contributed by atoms with van der Waals surface area (Å²) in [5, 5.41) is 10.1. The van der Waals surface area contributed by atoms with E-state index in [1.165, 1.54) is 0 Å². The van der Waals surface area contributed by atoms with Crippen molar-refractivity contribution < 1.29 is 14.6 Å². The van der Waals surface area contributed by atoms with Crippen LogP contribution in [0, 0.1) is 18.3 Å². The minimum atomic E-state index is -0.894. The maximum atomic E-state index is 11.8. The number of aryl methyl sites for hydroxylation is 1. The van der Waals surface area contributed by atoms with Crippen LogP contribution in [0.2, 0.25) is 5.02 Å². The van der Waals surface area contributed by atoms with Crippen LogP contribution >= 0.6 is 11.6 Å². The van der Waals surface area contributed by atoms with Crippen molar-refractivity contribution in [3.8, 4) is 0 Å². The highest BCUT2D eigenvalue weighted by Gasteiger charge is 2.54. The number of ether oxygens (including phenoxy) is 1. The van der Waals surface area contributed by atoms with Gasteiger partial charge in [-0.15, -0.1) is 0 Å². The predicted molar refractivity (Wildman–Crippen MR) is 77.4 cm³/mol. The van der Waals surface area contributed by atoms with Gasteiger partial charge in [-0.2, -0.15) is 4.98 Å². The maximum absolute atomic E-state index is 11.8. The van der Waals surface area contributed by atoms with Crippen molar-refractivity contribution in [3.05, 3.63) is 10.7 Å². The van der Waals surface area contributed by atoms with Gasteiger partial charge in [0.05, 0.1) is 12.3 Å². The Morgan fingerprint density at radius 3 is 3.00 bits per heavy atom. The second-order valence-electron chi connectivity index (χ2n) is 5.68. The van der Waals surface area contributed by atoms with Crippen LogP contribution in [-0.4, -0.2) is 47.3 Å². The number of rotatable bonds is 2. The van der Waals surface area contributed by atoms with Gasteiger partial charge in [-0.25, -0.2) is 4.98 Å². The molecule has 0 bridgehead atoms. The third-order valence-electron chi connectivity index (χ3n) is 4.41. The molecule has 2 aliphatic rings. The molecule has 8 heteroatoms. The summed E-state index contributed by atoms with van der Waals surface area (Å²) in [7, 11) is 0. The topological polar surface area (TPSA) is 102 Å². The molecule has 0 unspecified atom stereocenters. The van der Waals surface area contributed by atoms with Gasteiger partial charge in [0.1, 0.15) is 10.4 Å². The number of carboxylic acid groups (broad SMARTS) is 1. The second kappa shape index (κ2) is 4.99. The summed E-state index contributed by atoms with van der Waals surface area (Å²) < 4.78 is 5.41. The monoisotopic (exact) mass is 312 g/mol. The van der Waals surface area contributed by atoms with E-state index < -0.39 is 11.4 Å². The molecular weight excluding hydrogens is 296 g/mol. The number of anilines is 2. The van der Waals surface area contributed by atoms with E-state index in [4.69, 9.17) is 22.1 Å². The number of hydrogen-bond donors (Lipinski definition) is 2. The van der Waals surface area contributed by atoms with Gasteiger partial charge in [-0.3, -0.25) is 4.79 Å². The van der Waals surface area contributed by atoms with Gasteiger partial charge < -0.3 is 20.5 Å². The van der Waals surface area contributed by atoms with E-state index in [1.54, 1.807) is 6.92 Å². The fourth-order valence-corrected chi connectivity index (χ4v) is 3.43. The number of carbonyl (C=O) groups is 1. The summed E-state index contributed by atoms with van der Waals surface area (Å²) >= 11 is 6.27. The average Bonchev–Trinajstić information content (AvgIpc) is 2.83. The molecular formula is C13H17ClN4O3. The molecule has 0 spiro atoms. The first-order valence-corrected chi connectivity index (χ1v) is 7.17. The Labute approximate surface area is 127 Å². The first kappa shape index (κ1) is 14.3. The molecule has 3 heterocycles. The Hall–Kier alpha value is -1.60.